The lowest BCUT2D eigenvalue weighted by molar-refractivity contribution is -0.148. The Kier molecular flexibility index (Phi) is 4.78. The molecule has 0 saturated heterocycles. The molecule has 1 aliphatic rings. The topological polar surface area (TPSA) is 26.3 Å². The molecule has 0 aromatic carbocycles. The fraction of sp³-hybridized carbons (Fsp3) is 0.769. The van der Waals surface area contributed by atoms with Crippen molar-refractivity contribution in [1.29, 1.82) is 0 Å². The van der Waals surface area contributed by atoms with Gasteiger partial charge in [0.1, 0.15) is 0 Å². The fourth-order valence-corrected chi connectivity index (χ4v) is 3.00. The lowest BCUT2D eigenvalue weighted by atomic mass is 9.96. The Labute approximate surface area is 100 Å². The number of rotatable bonds is 4. The Balaban J connectivity index is 2.59. The van der Waals surface area contributed by atoms with Crippen molar-refractivity contribution in [3.05, 3.63) is 11.8 Å². The van der Waals surface area contributed by atoms with E-state index in [0.717, 1.165) is 19.3 Å². The SMILES string of the molecule is CCOC(=O)[C@@H]1CCC[C@H]1/C=C/[Si](C)(C)C. The summed E-state index contributed by atoms with van der Waals surface area (Å²) in [4.78, 5) is 11.7. The van der Waals surface area contributed by atoms with E-state index in [1.54, 1.807) is 0 Å². The summed E-state index contributed by atoms with van der Waals surface area (Å²) >= 11 is 0. The van der Waals surface area contributed by atoms with Crippen molar-refractivity contribution in [1.82, 2.24) is 0 Å². The Morgan fingerprint density at radius 2 is 2.06 bits per heavy atom. The highest BCUT2D eigenvalue weighted by Gasteiger charge is 2.32. The number of carbonyl (C=O) groups is 1. The minimum absolute atomic E-state index is 0.00484. The van der Waals surface area contributed by atoms with Crippen LogP contribution in [0.25, 0.3) is 0 Å². The smallest absolute Gasteiger partial charge is 0.309 e. The highest BCUT2D eigenvalue weighted by atomic mass is 28.3. The van der Waals surface area contributed by atoms with Crippen LogP contribution in [0.2, 0.25) is 19.6 Å². The summed E-state index contributed by atoms with van der Waals surface area (Å²) in [5, 5.41) is 0. The number of esters is 1. The van der Waals surface area contributed by atoms with Gasteiger partial charge in [-0.05, 0) is 25.7 Å². The molecule has 0 radical (unpaired) electrons. The fourth-order valence-electron chi connectivity index (χ4n) is 2.17. The largest absolute Gasteiger partial charge is 0.466 e. The summed E-state index contributed by atoms with van der Waals surface area (Å²) in [6.07, 6.45) is 5.58. The summed E-state index contributed by atoms with van der Waals surface area (Å²) in [7, 11) is -1.14. The van der Waals surface area contributed by atoms with Gasteiger partial charge in [-0.2, -0.15) is 0 Å². The molecule has 2 atom stereocenters. The molecular weight excluding hydrogens is 216 g/mol. The zero-order valence-electron chi connectivity index (χ0n) is 11.0. The molecule has 92 valence electrons. The van der Waals surface area contributed by atoms with Crippen LogP contribution in [-0.4, -0.2) is 20.7 Å². The average molecular weight is 240 g/mol. The number of hydrogen-bond donors (Lipinski definition) is 0. The van der Waals surface area contributed by atoms with Crippen molar-refractivity contribution in [2.45, 2.75) is 45.8 Å². The van der Waals surface area contributed by atoms with Crippen LogP contribution in [0.15, 0.2) is 11.8 Å². The predicted octanol–water partition coefficient (Wildman–Crippen LogP) is 3.40. The van der Waals surface area contributed by atoms with Crippen LogP contribution in [0.4, 0.5) is 0 Å². The number of carbonyl (C=O) groups excluding carboxylic acids is 1. The molecule has 2 nitrogen and oxygen atoms in total. The molecule has 0 aromatic rings. The van der Waals surface area contributed by atoms with Crippen LogP contribution in [0, 0.1) is 11.8 Å². The van der Waals surface area contributed by atoms with Gasteiger partial charge < -0.3 is 4.74 Å². The van der Waals surface area contributed by atoms with Gasteiger partial charge >= 0.3 is 5.97 Å². The maximum Gasteiger partial charge on any atom is 0.309 e. The second kappa shape index (κ2) is 5.67. The molecule has 1 aliphatic carbocycles. The van der Waals surface area contributed by atoms with Gasteiger partial charge in [0.2, 0.25) is 0 Å². The zero-order valence-corrected chi connectivity index (χ0v) is 12.0. The molecule has 0 bridgehead atoms. The Bertz CT molecular complexity index is 266. The third-order valence-corrected chi connectivity index (χ3v) is 4.19. The van der Waals surface area contributed by atoms with Gasteiger partial charge in [0.25, 0.3) is 0 Å². The standard InChI is InChI=1S/C13H24O2Si/c1-5-15-13(14)12-8-6-7-11(12)9-10-16(2,3)4/h9-12H,5-8H2,1-4H3/b10-9+/t11-,12+/m0/s1. The van der Waals surface area contributed by atoms with E-state index in [1.165, 1.54) is 0 Å². The molecule has 0 aliphatic heterocycles. The second-order valence-corrected chi connectivity index (χ2v) is 10.7. The second-order valence-electron chi connectivity index (χ2n) is 5.68. The first-order valence-electron chi connectivity index (χ1n) is 6.30. The first-order valence-corrected chi connectivity index (χ1v) is 9.88. The van der Waals surface area contributed by atoms with Gasteiger partial charge in [-0.25, -0.2) is 0 Å². The van der Waals surface area contributed by atoms with Crippen molar-refractivity contribution in [3.63, 3.8) is 0 Å². The third kappa shape index (κ3) is 4.12. The van der Waals surface area contributed by atoms with Gasteiger partial charge in [-0.1, -0.05) is 37.8 Å². The molecule has 0 unspecified atom stereocenters. The maximum absolute atomic E-state index is 11.7. The van der Waals surface area contributed by atoms with Crippen LogP contribution < -0.4 is 0 Å². The van der Waals surface area contributed by atoms with E-state index in [4.69, 9.17) is 4.74 Å². The summed E-state index contributed by atoms with van der Waals surface area (Å²) in [5.41, 5.74) is 2.36. The zero-order chi connectivity index (χ0) is 12.2. The lowest BCUT2D eigenvalue weighted by Crippen LogP contribution is -2.22. The summed E-state index contributed by atoms with van der Waals surface area (Å²) in [6.45, 7) is 9.33. The Morgan fingerprint density at radius 3 is 2.62 bits per heavy atom. The van der Waals surface area contributed by atoms with Crippen LogP contribution in [0.5, 0.6) is 0 Å². The van der Waals surface area contributed by atoms with Crippen molar-refractivity contribution in [3.8, 4) is 0 Å². The van der Waals surface area contributed by atoms with Gasteiger partial charge in [0.05, 0.1) is 20.6 Å². The van der Waals surface area contributed by atoms with Crippen molar-refractivity contribution < 1.29 is 9.53 Å². The molecule has 1 rings (SSSR count). The normalized spacial score (nSPS) is 26.2. The molecule has 0 aromatic heterocycles. The Hall–Kier alpha value is -0.573. The highest BCUT2D eigenvalue weighted by Crippen LogP contribution is 2.34. The molecule has 0 spiro atoms. The van der Waals surface area contributed by atoms with Crippen LogP contribution >= 0.6 is 0 Å². The molecule has 3 heteroatoms. The molecule has 0 heterocycles. The van der Waals surface area contributed by atoms with Gasteiger partial charge in [0.15, 0.2) is 0 Å². The first kappa shape index (κ1) is 13.5. The third-order valence-electron chi connectivity index (χ3n) is 3.00. The minimum atomic E-state index is -1.14. The number of ether oxygens (including phenoxy) is 1. The van der Waals surface area contributed by atoms with Crippen molar-refractivity contribution in [2.75, 3.05) is 6.61 Å². The quantitative estimate of drug-likeness (QED) is 0.556. The number of allylic oxidation sites excluding steroid dienone is 1. The summed E-state index contributed by atoms with van der Waals surface area (Å²) in [6, 6.07) is 0. The van der Waals surface area contributed by atoms with Crippen molar-refractivity contribution >= 4 is 14.0 Å². The van der Waals surface area contributed by atoms with E-state index in [2.05, 4.69) is 31.4 Å². The monoisotopic (exact) mass is 240 g/mol. The van der Waals surface area contributed by atoms with E-state index in [0.29, 0.717) is 12.5 Å². The molecule has 1 fully saturated rings. The maximum atomic E-state index is 11.7. The van der Waals surface area contributed by atoms with E-state index < -0.39 is 8.07 Å². The molecule has 0 N–H and O–H groups in total. The van der Waals surface area contributed by atoms with Crippen LogP contribution in [0.1, 0.15) is 26.2 Å². The molecular formula is C13H24O2Si. The van der Waals surface area contributed by atoms with Crippen LogP contribution in [0.3, 0.4) is 0 Å². The molecule has 0 amide bonds. The molecule has 16 heavy (non-hydrogen) atoms. The van der Waals surface area contributed by atoms with E-state index in [1.807, 2.05) is 6.92 Å². The van der Waals surface area contributed by atoms with Gasteiger partial charge in [-0.15, -0.1) is 0 Å². The summed E-state index contributed by atoms with van der Waals surface area (Å²) < 4.78 is 5.13. The van der Waals surface area contributed by atoms with Gasteiger partial charge in [0, 0.05) is 0 Å². The van der Waals surface area contributed by atoms with E-state index in [9.17, 15) is 4.79 Å². The van der Waals surface area contributed by atoms with E-state index in [-0.39, 0.29) is 11.9 Å². The van der Waals surface area contributed by atoms with Crippen LogP contribution in [-0.2, 0) is 9.53 Å². The lowest BCUT2D eigenvalue weighted by Gasteiger charge is -2.16. The molecule has 1 saturated carbocycles. The van der Waals surface area contributed by atoms with Gasteiger partial charge in [-0.3, -0.25) is 4.79 Å². The van der Waals surface area contributed by atoms with E-state index >= 15 is 0 Å². The Morgan fingerprint density at radius 1 is 1.38 bits per heavy atom. The summed E-state index contributed by atoms with van der Waals surface area (Å²) in [5.74, 6) is 0.545. The first-order chi connectivity index (χ1) is 7.44. The van der Waals surface area contributed by atoms with Crippen molar-refractivity contribution in [2.24, 2.45) is 11.8 Å². The predicted molar refractivity (Wildman–Crippen MR) is 70.0 cm³/mol. The highest BCUT2D eigenvalue weighted by molar-refractivity contribution is 6.80. The average Bonchev–Trinajstić information content (AvgIpc) is 2.61. The minimum Gasteiger partial charge on any atom is -0.466 e. The number of hydrogen-bond acceptors (Lipinski definition) is 2.